The van der Waals surface area contributed by atoms with Crippen molar-refractivity contribution < 1.29 is 23.5 Å². The number of nitrogens with one attached hydrogen (secondary N) is 2. The number of anilines is 1. The summed E-state index contributed by atoms with van der Waals surface area (Å²) in [6, 6.07) is 2.83. The lowest BCUT2D eigenvalue weighted by atomic mass is 9.82. The SMILES string of the molecule is O=C(Nc1c(F)cccc1F)C(=O)NC(CCO)C1CCCCC1. The summed E-state index contributed by atoms with van der Waals surface area (Å²) in [5, 5.41) is 13.7. The molecule has 1 aliphatic rings. The van der Waals surface area contributed by atoms with Gasteiger partial charge >= 0.3 is 11.8 Å². The molecule has 0 bridgehead atoms. The normalized spacial score (nSPS) is 16.5. The molecule has 0 aliphatic heterocycles. The number of carbonyl (C=O) groups excluding carboxylic acids is 2. The van der Waals surface area contributed by atoms with Gasteiger partial charge < -0.3 is 15.7 Å². The van der Waals surface area contributed by atoms with E-state index < -0.39 is 29.1 Å². The highest BCUT2D eigenvalue weighted by Crippen LogP contribution is 2.27. The summed E-state index contributed by atoms with van der Waals surface area (Å²) in [6.07, 6.45) is 5.44. The van der Waals surface area contributed by atoms with Crippen LogP contribution in [-0.2, 0) is 9.59 Å². The van der Waals surface area contributed by atoms with Gasteiger partial charge in [-0.15, -0.1) is 0 Å². The van der Waals surface area contributed by atoms with Crippen LogP contribution in [0.2, 0.25) is 0 Å². The molecule has 0 spiro atoms. The second-order valence-electron chi connectivity index (χ2n) is 6.04. The summed E-state index contributed by atoms with van der Waals surface area (Å²) in [5.41, 5.74) is -0.644. The molecule has 1 aliphatic carbocycles. The fourth-order valence-corrected chi connectivity index (χ4v) is 3.12. The van der Waals surface area contributed by atoms with Crippen molar-refractivity contribution in [2.24, 2.45) is 5.92 Å². The van der Waals surface area contributed by atoms with Gasteiger partial charge in [0.2, 0.25) is 0 Å². The first-order chi connectivity index (χ1) is 11.5. The van der Waals surface area contributed by atoms with Gasteiger partial charge in [-0.3, -0.25) is 9.59 Å². The van der Waals surface area contributed by atoms with Gasteiger partial charge in [0, 0.05) is 12.6 Å². The smallest absolute Gasteiger partial charge is 0.313 e. The maximum atomic E-state index is 13.5. The quantitative estimate of drug-likeness (QED) is 0.720. The molecular weight excluding hydrogens is 318 g/mol. The Morgan fingerprint density at radius 2 is 1.75 bits per heavy atom. The number of benzene rings is 1. The topological polar surface area (TPSA) is 78.4 Å². The Morgan fingerprint density at radius 3 is 2.33 bits per heavy atom. The first-order valence-corrected chi connectivity index (χ1v) is 8.19. The third-order valence-corrected chi connectivity index (χ3v) is 4.38. The van der Waals surface area contributed by atoms with Gasteiger partial charge in [-0.05, 0) is 37.3 Å². The Morgan fingerprint density at radius 1 is 1.12 bits per heavy atom. The molecule has 1 unspecified atom stereocenters. The van der Waals surface area contributed by atoms with Crippen molar-refractivity contribution in [3.05, 3.63) is 29.8 Å². The molecule has 132 valence electrons. The zero-order valence-corrected chi connectivity index (χ0v) is 13.4. The fraction of sp³-hybridized carbons (Fsp3) is 0.529. The van der Waals surface area contributed by atoms with Crippen LogP contribution in [0.1, 0.15) is 38.5 Å². The van der Waals surface area contributed by atoms with E-state index in [2.05, 4.69) is 5.32 Å². The minimum absolute atomic E-state index is 0.106. The largest absolute Gasteiger partial charge is 0.396 e. The van der Waals surface area contributed by atoms with Crippen molar-refractivity contribution in [2.45, 2.75) is 44.6 Å². The molecular formula is C17H22F2N2O3. The second kappa shape index (κ2) is 8.73. The van der Waals surface area contributed by atoms with Gasteiger partial charge in [0.25, 0.3) is 0 Å². The van der Waals surface area contributed by atoms with Crippen molar-refractivity contribution in [1.29, 1.82) is 0 Å². The molecule has 2 amide bonds. The fourth-order valence-electron chi connectivity index (χ4n) is 3.12. The van der Waals surface area contributed by atoms with Crippen molar-refractivity contribution >= 4 is 17.5 Å². The lowest BCUT2D eigenvalue weighted by Crippen LogP contribution is -2.46. The van der Waals surface area contributed by atoms with Crippen LogP contribution < -0.4 is 10.6 Å². The van der Waals surface area contributed by atoms with Crippen molar-refractivity contribution in [3.8, 4) is 0 Å². The molecule has 24 heavy (non-hydrogen) atoms. The first-order valence-electron chi connectivity index (χ1n) is 8.19. The molecule has 1 saturated carbocycles. The molecule has 0 saturated heterocycles. The predicted molar refractivity (Wildman–Crippen MR) is 85.2 cm³/mol. The van der Waals surface area contributed by atoms with E-state index in [1.54, 1.807) is 0 Å². The van der Waals surface area contributed by atoms with Crippen LogP contribution in [0, 0.1) is 17.6 Å². The van der Waals surface area contributed by atoms with Crippen LogP contribution in [0.4, 0.5) is 14.5 Å². The van der Waals surface area contributed by atoms with E-state index in [0.29, 0.717) is 6.42 Å². The summed E-state index contributed by atoms with van der Waals surface area (Å²) in [4.78, 5) is 24.0. The average molecular weight is 340 g/mol. The summed E-state index contributed by atoms with van der Waals surface area (Å²) < 4.78 is 27.1. The molecule has 1 aromatic rings. The highest BCUT2D eigenvalue weighted by Gasteiger charge is 2.27. The van der Waals surface area contributed by atoms with Crippen LogP contribution in [0.15, 0.2) is 18.2 Å². The van der Waals surface area contributed by atoms with Crippen molar-refractivity contribution in [2.75, 3.05) is 11.9 Å². The number of carbonyl (C=O) groups is 2. The zero-order valence-electron chi connectivity index (χ0n) is 13.4. The molecule has 5 nitrogen and oxygen atoms in total. The minimum atomic E-state index is -1.13. The maximum absolute atomic E-state index is 13.5. The Hall–Kier alpha value is -2.02. The van der Waals surface area contributed by atoms with E-state index in [9.17, 15) is 23.5 Å². The maximum Gasteiger partial charge on any atom is 0.313 e. The van der Waals surface area contributed by atoms with Crippen LogP contribution in [0.3, 0.4) is 0 Å². The molecule has 1 fully saturated rings. The average Bonchev–Trinajstić information content (AvgIpc) is 2.58. The van der Waals surface area contributed by atoms with Gasteiger partial charge in [0.15, 0.2) is 0 Å². The molecule has 1 atom stereocenters. The van der Waals surface area contributed by atoms with Crippen LogP contribution in [0.5, 0.6) is 0 Å². The summed E-state index contributed by atoms with van der Waals surface area (Å²) in [6.45, 7) is -0.106. The van der Waals surface area contributed by atoms with Crippen molar-refractivity contribution in [1.82, 2.24) is 5.32 Å². The van der Waals surface area contributed by atoms with Crippen LogP contribution in [0.25, 0.3) is 0 Å². The third-order valence-electron chi connectivity index (χ3n) is 4.38. The van der Waals surface area contributed by atoms with Crippen LogP contribution >= 0.6 is 0 Å². The summed E-state index contributed by atoms with van der Waals surface area (Å²) in [7, 11) is 0. The number of para-hydroxylation sites is 1. The van der Waals surface area contributed by atoms with Gasteiger partial charge in [-0.1, -0.05) is 25.3 Å². The van der Waals surface area contributed by atoms with E-state index in [0.717, 1.165) is 44.2 Å². The number of aliphatic hydroxyl groups excluding tert-OH is 1. The Kier molecular flexibility index (Phi) is 6.66. The molecule has 2 rings (SSSR count). The first kappa shape index (κ1) is 18.3. The lowest BCUT2D eigenvalue weighted by Gasteiger charge is -2.30. The minimum Gasteiger partial charge on any atom is -0.396 e. The van der Waals surface area contributed by atoms with Gasteiger partial charge in [-0.25, -0.2) is 8.78 Å². The Balaban J connectivity index is 1.99. The Bertz CT molecular complexity index is 569. The number of rotatable bonds is 5. The highest BCUT2D eigenvalue weighted by molar-refractivity contribution is 6.39. The zero-order chi connectivity index (χ0) is 17.5. The lowest BCUT2D eigenvalue weighted by molar-refractivity contribution is -0.137. The van der Waals surface area contributed by atoms with Gasteiger partial charge in [-0.2, -0.15) is 0 Å². The van der Waals surface area contributed by atoms with Crippen LogP contribution in [-0.4, -0.2) is 29.6 Å². The van der Waals surface area contributed by atoms with E-state index in [1.165, 1.54) is 6.07 Å². The predicted octanol–water partition coefficient (Wildman–Crippen LogP) is 2.35. The van der Waals surface area contributed by atoms with E-state index in [-0.39, 0.29) is 18.6 Å². The van der Waals surface area contributed by atoms with Crippen molar-refractivity contribution in [3.63, 3.8) is 0 Å². The monoisotopic (exact) mass is 340 g/mol. The second-order valence-corrected chi connectivity index (χ2v) is 6.04. The molecule has 7 heteroatoms. The van der Waals surface area contributed by atoms with Gasteiger partial charge in [0.1, 0.15) is 17.3 Å². The molecule has 3 N–H and O–H groups in total. The summed E-state index contributed by atoms with van der Waals surface area (Å²) in [5.74, 6) is -3.78. The number of hydrogen-bond donors (Lipinski definition) is 3. The standard InChI is InChI=1S/C17H22F2N2O3/c18-12-7-4-8-13(19)15(12)21-17(24)16(23)20-14(9-10-22)11-5-2-1-3-6-11/h4,7-8,11,14,22H,1-3,5-6,9-10H2,(H,20,23)(H,21,24). The number of hydrogen-bond acceptors (Lipinski definition) is 3. The highest BCUT2D eigenvalue weighted by atomic mass is 19.1. The molecule has 1 aromatic carbocycles. The molecule has 0 aromatic heterocycles. The van der Waals surface area contributed by atoms with E-state index in [4.69, 9.17) is 0 Å². The summed E-state index contributed by atoms with van der Waals surface area (Å²) >= 11 is 0. The van der Waals surface area contributed by atoms with E-state index in [1.807, 2.05) is 5.32 Å². The van der Waals surface area contributed by atoms with Gasteiger partial charge in [0.05, 0.1) is 0 Å². The third kappa shape index (κ3) is 4.74. The van der Waals surface area contributed by atoms with E-state index >= 15 is 0 Å². The molecule has 0 heterocycles. The number of halogens is 2. The Labute approximate surface area is 139 Å². The molecule has 0 radical (unpaired) electrons. The number of aliphatic hydroxyl groups is 1. The number of amides is 2.